The molecule has 0 saturated heterocycles. The van der Waals surface area contributed by atoms with E-state index in [1.54, 1.807) is 16.4 Å². The number of fused-ring (bicyclic) bond motifs is 1. The minimum atomic E-state index is -0.171. The van der Waals surface area contributed by atoms with Crippen LogP contribution in [0.1, 0.15) is 31.9 Å². The molecule has 0 aliphatic heterocycles. The fraction of sp³-hybridized carbons (Fsp3) is 0.333. The molecule has 0 saturated carbocycles. The second-order valence-electron chi connectivity index (χ2n) is 5.97. The zero-order valence-corrected chi connectivity index (χ0v) is 13.5. The average molecular weight is 312 g/mol. The van der Waals surface area contributed by atoms with Gasteiger partial charge in [-0.1, -0.05) is 17.8 Å². The maximum Gasteiger partial charge on any atom is 0.210 e. The molecule has 0 N–H and O–H groups in total. The van der Waals surface area contributed by atoms with Gasteiger partial charge in [0.15, 0.2) is 0 Å². The fourth-order valence-corrected chi connectivity index (χ4v) is 3.28. The van der Waals surface area contributed by atoms with Gasteiger partial charge in [0.1, 0.15) is 6.07 Å². The number of hydrogen-bond acceptors (Lipinski definition) is 5. The van der Waals surface area contributed by atoms with Gasteiger partial charge in [0.05, 0.1) is 16.6 Å². The Morgan fingerprint density at radius 3 is 2.86 bits per heavy atom. The van der Waals surface area contributed by atoms with Crippen LogP contribution in [-0.4, -0.2) is 24.6 Å². The summed E-state index contributed by atoms with van der Waals surface area (Å²) in [4.78, 5) is 0. The number of pyridine rings is 1. The maximum atomic E-state index is 9.43. The summed E-state index contributed by atoms with van der Waals surface area (Å²) in [5.41, 5.74) is 2.45. The zero-order valence-electron chi connectivity index (χ0n) is 12.7. The molecule has 3 heterocycles. The van der Waals surface area contributed by atoms with Crippen LogP contribution in [0.25, 0.3) is 5.52 Å². The summed E-state index contributed by atoms with van der Waals surface area (Å²) in [5, 5.41) is 22.1. The van der Waals surface area contributed by atoms with E-state index in [1.807, 2.05) is 35.0 Å². The van der Waals surface area contributed by atoms with Crippen molar-refractivity contribution in [3.63, 3.8) is 0 Å². The highest BCUT2D eigenvalue weighted by molar-refractivity contribution is 7.98. The van der Waals surface area contributed by atoms with Crippen molar-refractivity contribution >= 4 is 17.3 Å². The second kappa shape index (κ2) is 5.46. The first-order valence-electron chi connectivity index (χ1n) is 6.91. The summed E-state index contributed by atoms with van der Waals surface area (Å²) in [6, 6.07) is 8.14. The quantitative estimate of drug-likeness (QED) is 0.695. The average Bonchev–Trinajstić information content (AvgIpc) is 3.08. The van der Waals surface area contributed by atoms with Crippen LogP contribution in [0.4, 0.5) is 0 Å². The van der Waals surface area contributed by atoms with Crippen molar-refractivity contribution in [1.29, 1.82) is 5.26 Å². The van der Waals surface area contributed by atoms with Crippen molar-refractivity contribution in [2.75, 3.05) is 0 Å². The summed E-state index contributed by atoms with van der Waals surface area (Å²) < 4.78 is 3.78. The van der Waals surface area contributed by atoms with Crippen molar-refractivity contribution in [3.05, 3.63) is 41.7 Å². The topological polar surface area (TPSA) is 71.8 Å². The highest BCUT2D eigenvalue weighted by Crippen LogP contribution is 2.27. The molecule has 7 heteroatoms. The normalized spacial score (nSPS) is 11.7. The number of aromatic nitrogens is 5. The van der Waals surface area contributed by atoms with Gasteiger partial charge in [0, 0.05) is 18.1 Å². The third kappa shape index (κ3) is 2.57. The lowest BCUT2D eigenvalue weighted by Crippen LogP contribution is -2.24. The summed E-state index contributed by atoms with van der Waals surface area (Å²) in [5.74, 6) is 0.654. The van der Waals surface area contributed by atoms with Crippen LogP contribution in [0, 0.1) is 11.3 Å². The van der Waals surface area contributed by atoms with E-state index in [4.69, 9.17) is 0 Å². The van der Waals surface area contributed by atoms with Crippen molar-refractivity contribution in [2.24, 2.45) is 0 Å². The molecule has 22 heavy (non-hydrogen) atoms. The Hall–Kier alpha value is -2.33. The smallest absolute Gasteiger partial charge is 0.210 e. The van der Waals surface area contributed by atoms with Gasteiger partial charge in [0.25, 0.3) is 0 Å². The van der Waals surface area contributed by atoms with Crippen molar-refractivity contribution in [2.45, 2.75) is 37.2 Å². The fourth-order valence-electron chi connectivity index (χ4n) is 2.25. The zero-order chi connectivity index (χ0) is 15.7. The van der Waals surface area contributed by atoms with Crippen LogP contribution in [0.5, 0.6) is 0 Å². The largest absolute Gasteiger partial charge is 0.322 e. The lowest BCUT2D eigenvalue weighted by atomic mass is 10.1. The molecular formula is C15H16N6S. The molecule has 0 aliphatic rings. The number of hydrogen-bond donors (Lipinski definition) is 0. The molecule has 0 aliphatic carbocycles. The Morgan fingerprint density at radius 2 is 2.14 bits per heavy atom. The van der Waals surface area contributed by atoms with Crippen molar-refractivity contribution < 1.29 is 0 Å². The van der Waals surface area contributed by atoms with E-state index in [2.05, 4.69) is 42.4 Å². The molecular weight excluding hydrogens is 296 g/mol. The molecule has 0 spiro atoms. The summed E-state index contributed by atoms with van der Waals surface area (Å²) >= 11 is 1.54. The molecule has 3 aromatic heterocycles. The lowest BCUT2D eigenvalue weighted by molar-refractivity contribution is 0.321. The number of nitrogens with zero attached hydrogens (tertiary/aromatic N) is 6. The summed E-state index contributed by atoms with van der Waals surface area (Å²) in [6.07, 6.45) is 3.94. The van der Waals surface area contributed by atoms with E-state index in [0.29, 0.717) is 11.3 Å². The molecule has 0 fully saturated rings. The number of rotatable bonds is 3. The van der Waals surface area contributed by atoms with Crippen molar-refractivity contribution in [1.82, 2.24) is 24.6 Å². The maximum absolute atomic E-state index is 9.43. The van der Waals surface area contributed by atoms with Gasteiger partial charge in [-0.15, -0.1) is 5.10 Å². The first-order valence-corrected chi connectivity index (χ1v) is 7.89. The number of thioether (sulfide) groups is 1. The highest BCUT2D eigenvalue weighted by Gasteiger charge is 2.20. The number of nitriles is 1. The van der Waals surface area contributed by atoms with Gasteiger partial charge in [0.2, 0.25) is 5.16 Å². The lowest BCUT2D eigenvalue weighted by Gasteiger charge is -2.19. The Labute approximate surface area is 132 Å². The van der Waals surface area contributed by atoms with E-state index in [0.717, 1.165) is 16.2 Å². The first-order chi connectivity index (χ1) is 10.5. The molecule has 0 aromatic carbocycles. The van der Waals surface area contributed by atoms with Gasteiger partial charge >= 0.3 is 0 Å². The molecule has 0 atom stereocenters. The monoisotopic (exact) mass is 312 g/mol. The SMILES string of the molecule is CC(C)(C)n1nnnc1SCc1cn2ccccc2c1C#N. The molecule has 0 unspecified atom stereocenters. The van der Waals surface area contributed by atoms with Gasteiger partial charge in [-0.2, -0.15) is 5.26 Å². The van der Waals surface area contributed by atoms with E-state index in [1.165, 1.54) is 0 Å². The Kier molecular flexibility index (Phi) is 3.62. The van der Waals surface area contributed by atoms with Crippen LogP contribution in [0.3, 0.4) is 0 Å². The molecule has 3 aromatic rings. The predicted molar refractivity (Wildman–Crippen MR) is 84.5 cm³/mol. The summed E-state index contributed by atoms with van der Waals surface area (Å²) in [7, 11) is 0. The highest BCUT2D eigenvalue weighted by atomic mass is 32.2. The first kappa shape index (κ1) is 14.6. The van der Waals surface area contributed by atoms with Gasteiger partial charge in [-0.05, 0) is 48.9 Å². The third-order valence-corrected chi connectivity index (χ3v) is 4.28. The third-order valence-electron chi connectivity index (χ3n) is 3.31. The summed E-state index contributed by atoms with van der Waals surface area (Å²) in [6.45, 7) is 6.17. The van der Waals surface area contributed by atoms with Crippen molar-refractivity contribution in [3.8, 4) is 6.07 Å². The molecule has 0 amide bonds. The molecule has 3 rings (SSSR count). The van der Waals surface area contributed by atoms with Gasteiger partial charge in [-0.25, -0.2) is 4.68 Å². The standard InChI is InChI=1S/C15H16N6S/c1-15(2,3)21-14(17-18-19-21)22-10-11-9-20-7-5-4-6-13(20)12(11)8-16/h4-7,9H,10H2,1-3H3. The minimum absolute atomic E-state index is 0.171. The van der Waals surface area contributed by atoms with E-state index in [9.17, 15) is 5.26 Å². The Bertz CT molecular complexity index is 849. The Balaban J connectivity index is 1.89. The molecule has 6 nitrogen and oxygen atoms in total. The molecule has 112 valence electrons. The van der Waals surface area contributed by atoms with E-state index >= 15 is 0 Å². The molecule has 0 bridgehead atoms. The van der Waals surface area contributed by atoms with Crippen LogP contribution < -0.4 is 0 Å². The van der Waals surface area contributed by atoms with Gasteiger partial charge < -0.3 is 4.40 Å². The van der Waals surface area contributed by atoms with Crippen LogP contribution in [-0.2, 0) is 11.3 Å². The predicted octanol–water partition coefficient (Wildman–Crippen LogP) is 2.84. The van der Waals surface area contributed by atoms with E-state index < -0.39 is 0 Å². The van der Waals surface area contributed by atoms with Crippen LogP contribution in [0.15, 0.2) is 35.7 Å². The minimum Gasteiger partial charge on any atom is -0.322 e. The van der Waals surface area contributed by atoms with Crippen LogP contribution in [0.2, 0.25) is 0 Å². The molecule has 0 radical (unpaired) electrons. The second-order valence-corrected chi connectivity index (χ2v) is 6.91. The van der Waals surface area contributed by atoms with E-state index in [-0.39, 0.29) is 5.54 Å². The Morgan fingerprint density at radius 1 is 1.32 bits per heavy atom. The van der Waals surface area contributed by atoms with Crippen LogP contribution >= 0.6 is 11.8 Å². The number of tetrazole rings is 1. The van der Waals surface area contributed by atoms with Gasteiger partial charge in [-0.3, -0.25) is 0 Å².